The molecule has 0 spiro atoms. The second-order valence-corrected chi connectivity index (χ2v) is 7.39. The van der Waals surface area contributed by atoms with Crippen LogP contribution < -0.4 is 10.1 Å². The molecule has 3 aromatic heterocycles. The SMILES string of the molecule is Cc1cc(CNc2cc(OCCC3CC3c3ccccn3)nc(C)n2)n(C)n1. The van der Waals surface area contributed by atoms with Crippen molar-refractivity contribution in [2.24, 2.45) is 13.0 Å². The summed E-state index contributed by atoms with van der Waals surface area (Å²) in [6, 6.07) is 10.0. The number of nitrogens with zero attached hydrogens (tertiary/aromatic N) is 5. The Labute approximate surface area is 165 Å². The van der Waals surface area contributed by atoms with Gasteiger partial charge in [0.25, 0.3) is 0 Å². The summed E-state index contributed by atoms with van der Waals surface area (Å²) in [5.41, 5.74) is 3.30. The average molecular weight is 378 g/mol. The third-order valence-corrected chi connectivity index (χ3v) is 5.09. The lowest BCUT2D eigenvalue weighted by atomic mass is 10.2. The van der Waals surface area contributed by atoms with Gasteiger partial charge < -0.3 is 10.1 Å². The molecule has 2 atom stereocenters. The predicted molar refractivity (Wildman–Crippen MR) is 107 cm³/mol. The summed E-state index contributed by atoms with van der Waals surface area (Å²) in [6.45, 7) is 5.18. The van der Waals surface area contributed by atoms with E-state index >= 15 is 0 Å². The summed E-state index contributed by atoms with van der Waals surface area (Å²) in [6.07, 6.45) is 4.08. The minimum absolute atomic E-state index is 0.580. The van der Waals surface area contributed by atoms with Crippen molar-refractivity contribution >= 4 is 5.82 Å². The van der Waals surface area contributed by atoms with E-state index in [0.29, 0.717) is 36.7 Å². The normalized spacial score (nSPS) is 18.1. The van der Waals surface area contributed by atoms with E-state index in [2.05, 4.69) is 43.6 Å². The van der Waals surface area contributed by atoms with E-state index in [1.807, 2.05) is 43.9 Å². The maximum atomic E-state index is 5.91. The van der Waals surface area contributed by atoms with Gasteiger partial charge in [0.05, 0.1) is 24.5 Å². The van der Waals surface area contributed by atoms with Gasteiger partial charge in [-0.2, -0.15) is 10.1 Å². The Bertz CT molecular complexity index is 939. The quantitative estimate of drug-likeness (QED) is 0.647. The highest BCUT2D eigenvalue weighted by Crippen LogP contribution is 2.48. The molecule has 1 aliphatic rings. The molecule has 0 bridgehead atoms. The zero-order chi connectivity index (χ0) is 19.5. The van der Waals surface area contributed by atoms with Crippen LogP contribution in [0.1, 0.15) is 41.7 Å². The molecule has 2 unspecified atom stereocenters. The van der Waals surface area contributed by atoms with Crippen molar-refractivity contribution in [2.75, 3.05) is 11.9 Å². The van der Waals surface area contributed by atoms with Crippen LogP contribution in [-0.2, 0) is 13.6 Å². The zero-order valence-electron chi connectivity index (χ0n) is 16.6. The number of ether oxygens (including phenoxy) is 1. The van der Waals surface area contributed by atoms with Crippen molar-refractivity contribution in [2.45, 2.75) is 39.2 Å². The van der Waals surface area contributed by atoms with Crippen molar-refractivity contribution in [1.29, 1.82) is 0 Å². The van der Waals surface area contributed by atoms with Gasteiger partial charge in [0, 0.05) is 30.9 Å². The molecule has 0 aromatic carbocycles. The van der Waals surface area contributed by atoms with Crippen LogP contribution >= 0.6 is 0 Å². The summed E-state index contributed by atoms with van der Waals surface area (Å²) in [5, 5.41) is 7.70. The minimum Gasteiger partial charge on any atom is -0.478 e. The smallest absolute Gasteiger partial charge is 0.218 e. The van der Waals surface area contributed by atoms with Crippen molar-refractivity contribution in [1.82, 2.24) is 24.7 Å². The number of pyridine rings is 1. The number of hydrogen-bond acceptors (Lipinski definition) is 6. The van der Waals surface area contributed by atoms with Crippen LogP contribution in [0.25, 0.3) is 0 Å². The standard InChI is InChI=1S/C21H26N6O/c1-14-10-17(27(3)26-14)13-23-20-12-21(25-15(2)24-20)28-9-7-16-11-18(16)19-6-4-5-8-22-19/h4-6,8,10,12,16,18H,7,9,11,13H2,1-3H3,(H,23,24,25). The molecule has 1 aliphatic carbocycles. The van der Waals surface area contributed by atoms with Gasteiger partial charge in [-0.1, -0.05) is 6.07 Å². The maximum absolute atomic E-state index is 5.91. The molecule has 1 N–H and O–H groups in total. The van der Waals surface area contributed by atoms with E-state index in [1.165, 1.54) is 12.1 Å². The first-order valence-corrected chi connectivity index (χ1v) is 9.71. The van der Waals surface area contributed by atoms with Crippen LogP contribution in [0.4, 0.5) is 5.82 Å². The highest BCUT2D eigenvalue weighted by atomic mass is 16.5. The van der Waals surface area contributed by atoms with Crippen molar-refractivity contribution in [3.05, 3.63) is 59.4 Å². The molecule has 0 amide bonds. The lowest BCUT2D eigenvalue weighted by Crippen LogP contribution is -2.08. The number of aryl methyl sites for hydroxylation is 3. The molecule has 0 radical (unpaired) electrons. The van der Waals surface area contributed by atoms with Crippen LogP contribution in [0.5, 0.6) is 5.88 Å². The topological polar surface area (TPSA) is 77.8 Å². The Morgan fingerprint density at radius 1 is 1.21 bits per heavy atom. The van der Waals surface area contributed by atoms with Gasteiger partial charge >= 0.3 is 0 Å². The third-order valence-electron chi connectivity index (χ3n) is 5.09. The molecule has 1 saturated carbocycles. The average Bonchev–Trinajstić information content (AvgIpc) is 3.37. The number of rotatable bonds is 8. The first-order valence-electron chi connectivity index (χ1n) is 9.71. The van der Waals surface area contributed by atoms with Crippen LogP contribution in [0.15, 0.2) is 36.5 Å². The summed E-state index contributed by atoms with van der Waals surface area (Å²) in [5.74, 6) is 3.31. The van der Waals surface area contributed by atoms with Gasteiger partial charge in [-0.3, -0.25) is 9.67 Å². The number of aromatic nitrogens is 5. The van der Waals surface area contributed by atoms with Crippen molar-refractivity contribution < 1.29 is 4.74 Å². The lowest BCUT2D eigenvalue weighted by molar-refractivity contribution is 0.289. The summed E-state index contributed by atoms with van der Waals surface area (Å²) in [7, 11) is 1.94. The predicted octanol–water partition coefficient (Wildman–Crippen LogP) is 3.41. The van der Waals surface area contributed by atoms with Gasteiger partial charge in [-0.25, -0.2) is 4.98 Å². The second-order valence-electron chi connectivity index (χ2n) is 7.39. The number of hydrogen-bond donors (Lipinski definition) is 1. The van der Waals surface area contributed by atoms with E-state index < -0.39 is 0 Å². The zero-order valence-corrected chi connectivity index (χ0v) is 16.6. The fourth-order valence-corrected chi connectivity index (χ4v) is 3.55. The highest BCUT2D eigenvalue weighted by Gasteiger charge is 2.38. The molecule has 3 heterocycles. The van der Waals surface area contributed by atoms with Crippen molar-refractivity contribution in [3.63, 3.8) is 0 Å². The monoisotopic (exact) mass is 378 g/mol. The lowest BCUT2D eigenvalue weighted by Gasteiger charge is -2.10. The molecule has 28 heavy (non-hydrogen) atoms. The van der Waals surface area contributed by atoms with Gasteiger partial charge in [0.2, 0.25) is 5.88 Å². The summed E-state index contributed by atoms with van der Waals surface area (Å²) in [4.78, 5) is 13.3. The summed E-state index contributed by atoms with van der Waals surface area (Å²) >= 11 is 0. The van der Waals surface area contributed by atoms with Crippen LogP contribution in [0.2, 0.25) is 0 Å². The molecule has 4 rings (SSSR count). The van der Waals surface area contributed by atoms with E-state index in [1.54, 1.807) is 0 Å². The van der Waals surface area contributed by atoms with E-state index in [9.17, 15) is 0 Å². The van der Waals surface area contributed by atoms with E-state index in [-0.39, 0.29) is 0 Å². The Kier molecular flexibility index (Phi) is 5.23. The fourth-order valence-electron chi connectivity index (χ4n) is 3.55. The van der Waals surface area contributed by atoms with Crippen molar-refractivity contribution in [3.8, 4) is 5.88 Å². The Balaban J connectivity index is 1.29. The van der Waals surface area contributed by atoms with Gasteiger partial charge in [-0.05, 0) is 50.8 Å². The molecule has 0 saturated heterocycles. The van der Waals surface area contributed by atoms with Gasteiger partial charge in [0.15, 0.2) is 0 Å². The molecule has 7 heteroatoms. The van der Waals surface area contributed by atoms with Crippen LogP contribution in [0.3, 0.4) is 0 Å². The van der Waals surface area contributed by atoms with E-state index in [4.69, 9.17) is 4.74 Å². The van der Waals surface area contributed by atoms with Gasteiger partial charge in [-0.15, -0.1) is 0 Å². The Morgan fingerprint density at radius 3 is 2.86 bits per heavy atom. The second kappa shape index (κ2) is 7.96. The number of anilines is 1. The van der Waals surface area contributed by atoms with E-state index in [0.717, 1.165) is 23.6 Å². The first kappa shape index (κ1) is 18.4. The van der Waals surface area contributed by atoms with Crippen LogP contribution in [0, 0.1) is 19.8 Å². The molecule has 1 fully saturated rings. The molecular weight excluding hydrogens is 352 g/mol. The Morgan fingerprint density at radius 2 is 2.11 bits per heavy atom. The highest BCUT2D eigenvalue weighted by molar-refractivity contribution is 5.39. The molecular formula is C21H26N6O. The number of nitrogens with one attached hydrogen (secondary N) is 1. The molecule has 7 nitrogen and oxygen atoms in total. The first-order chi connectivity index (χ1) is 13.6. The Hall–Kier alpha value is -2.96. The third kappa shape index (κ3) is 4.47. The molecule has 0 aliphatic heterocycles. The fraction of sp³-hybridized carbons (Fsp3) is 0.429. The minimum atomic E-state index is 0.580. The molecule has 146 valence electrons. The summed E-state index contributed by atoms with van der Waals surface area (Å²) < 4.78 is 7.79. The largest absolute Gasteiger partial charge is 0.478 e. The van der Waals surface area contributed by atoms with Crippen LogP contribution in [-0.4, -0.2) is 31.3 Å². The maximum Gasteiger partial charge on any atom is 0.218 e. The van der Waals surface area contributed by atoms with Gasteiger partial charge in [0.1, 0.15) is 11.6 Å². The molecule has 3 aromatic rings.